The van der Waals surface area contributed by atoms with Crippen molar-refractivity contribution in [2.24, 2.45) is 0 Å². The summed E-state index contributed by atoms with van der Waals surface area (Å²) in [5.74, 6) is 0.717. The first-order valence-corrected chi connectivity index (χ1v) is 5.69. The Hall–Kier alpha value is -1.29. The molecule has 0 N–H and O–H groups in total. The average molecular weight is 220 g/mol. The second kappa shape index (κ2) is 5.16. The van der Waals surface area contributed by atoms with Crippen molar-refractivity contribution in [1.29, 1.82) is 0 Å². The zero-order chi connectivity index (χ0) is 11.4. The number of carbonyl (C=O) groups is 1. The Kier molecular flexibility index (Phi) is 3.62. The first-order valence-electron chi connectivity index (χ1n) is 5.69. The molecule has 0 bridgehead atoms. The number of ether oxygens (including phenoxy) is 1. The Balaban J connectivity index is 2.07. The molecule has 4 nitrogen and oxygen atoms in total. The molecule has 1 aromatic heterocycles. The maximum atomic E-state index is 10.7. The minimum atomic E-state index is 0.218. The zero-order valence-electron chi connectivity index (χ0n) is 9.48. The third-order valence-electron chi connectivity index (χ3n) is 2.73. The van der Waals surface area contributed by atoms with E-state index in [0.717, 1.165) is 31.4 Å². The number of nitrogens with zero attached hydrogens (tertiary/aromatic N) is 2. The van der Waals surface area contributed by atoms with Crippen LogP contribution in [0.4, 0.5) is 0 Å². The normalized spacial score (nSPS) is 20.7. The van der Waals surface area contributed by atoms with E-state index in [1.807, 2.05) is 6.92 Å². The fourth-order valence-corrected chi connectivity index (χ4v) is 1.98. The van der Waals surface area contributed by atoms with E-state index in [2.05, 4.69) is 9.97 Å². The number of hydrogen-bond donors (Lipinski definition) is 0. The van der Waals surface area contributed by atoms with Gasteiger partial charge in [0.25, 0.3) is 0 Å². The molecule has 2 rings (SSSR count). The van der Waals surface area contributed by atoms with E-state index in [1.54, 1.807) is 6.07 Å². The Morgan fingerprint density at radius 3 is 3.06 bits per heavy atom. The fourth-order valence-electron chi connectivity index (χ4n) is 1.98. The van der Waals surface area contributed by atoms with Crippen LogP contribution in [0.25, 0.3) is 0 Å². The van der Waals surface area contributed by atoms with Crippen molar-refractivity contribution in [2.45, 2.75) is 38.7 Å². The van der Waals surface area contributed by atoms with Gasteiger partial charge in [-0.1, -0.05) is 0 Å². The van der Waals surface area contributed by atoms with Crippen molar-refractivity contribution in [1.82, 2.24) is 9.97 Å². The number of aromatic nitrogens is 2. The second-order valence-corrected chi connectivity index (χ2v) is 4.16. The fraction of sp³-hybridized carbons (Fsp3) is 0.583. The number of hydrogen-bond acceptors (Lipinski definition) is 4. The summed E-state index contributed by atoms with van der Waals surface area (Å²) in [6, 6.07) is 1.69. The highest BCUT2D eigenvalue weighted by atomic mass is 16.5. The highest BCUT2D eigenvalue weighted by Gasteiger charge is 2.16. The summed E-state index contributed by atoms with van der Waals surface area (Å²) < 4.78 is 5.63. The predicted octanol–water partition coefficient (Wildman–Crippen LogP) is 1.71. The van der Waals surface area contributed by atoms with Crippen LogP contribution in [0.2, 0.25) is 0 Å². The molecule has 16 heavy (non-hydrogen) atoms. The molecule has 4 heteroatoms. The van der Waals surface area contributed by atoms with Crippen LogP contribution < -0.4 is 0 Å². The molecule has 86 valence electrons. The van der Waals surface area contributed by atoms with Crippen molar-refractivity contribution in [2.75, 3.05) is 6.61 Å². The summed E-state index contributed by atoms with van der Waals surface area (Å²) in [7, 11) is 0. The van der Waals surface area contributed by atoms with E-state index in [-0.39, 0.29) is 6.10 Å². The maximum Gasteiger partial charge on any atom is 0.168 e. The van der Waals surface area contributed by atoms with Crippen LogP contribution in [0.3, 0.4) is 0 Å². The SMILES string of the molecule is Cc1cc(C=O)nc(CC2CCCCO2)n1. The molecule has 1 saturated heterocycles. The third-order valence-corrected chi connectivity index (χ3v) is 2.73. The first-order chi connectivity index (χ1) is 7.78. The minimum Gasteiger partial charge on any atom is -0.378 e. The first kappa shape index (κ1) is 11.2. The Labute approximate surface area is 95.1 Å². The van der Waals surface area contributed by atoms with Crippen molar-refractivity contribution in [3.63, 3.8) is 0 Å². The number of rotatable bonds is 3. The Morgan fingerprint density at radius 2 is 2.38 bits per heavy atom. The van der Waals surface area contributed by atoms with Crippen LogP contribution in [0.15, 0.2) is 6.07 Å². The molecule has 0 spiro atoms. The third kappa shape index (κ3) is 2.85. The molecular weight excluding hydrogens is 204 g/mol. The lowest BCUT2D eigenvalue weighted by Gasteiger charge is -2.21. The Morgan fingerprint density at radius 1 is 1.50 bits per heavy atom. The van der Waals surface area contributed by atoms with Gasteiger partial charge in [-0.25, -0.2) is 9.97 Å². The molecule has 1 aliphatic rings. The van der Waals surface area contributed by atoms with Gasteiger partial charge in [-0.15, -0.1) is 0 Å². The van der Waals surface area contributed by atoms with Gasteiger partial charge in [-0.3, -0.25) is 4.79 Å². The van der Waals surface area contributed by atoms with Crippen molar-refractivity contribution in [3.05, 3.63) is 23.3 Å². The molecule has 1 atom stereocenters. The van der Waals surface area contributed by atoms with Crippen LogP contribution in [-0.4, -0.2) is 29.0 Å². The lowest BCUT2D eigenvalue weighted by atomic mass is 10.1. The van der Waals surface area contributed by atoms with Crippen LogP contribution >= 0.6 is 0 Å². The molecule has 0 radical (unpaired) electrons. The van der Waals surface area contributed by atoms with Gasteiger partial charge in [0.1, 0.15) is 11.5 Å². The van der Waals surface area contributed by atoms with Gasteiger partial charge in [0.2, 0.25) is 0 Å². The number of carbonyl (C=O) groups excluding carboxylic acids is 1. The van der Waals surface area contributed by atoms with E-state index >= 15 is 0 Å². The molecule has 2 heterocycles. The van der Waals surface area contributed by atoms with Gasteiger partial charge in [-0.05, 0) is 32.3 Å². The maximum absolute atomic E-state index is 10.7. The lowest BCUT2D eigenvalue weighted by molar-refractivity contribution is 0.0156. The predicted molar refractivity (Wildman–Crippen MR) is 59.5 cm³/mol. The van der Waals surface area contributed by atoms with Crippen LogP contribution in [-0.2, 0) is 11.2 Å². The quantitative estimate of drug-likeness (QED) is 0.728. The van der Waals surface area contributed by atoms with E-state index in [4.69, 9.17) is 4.74 Å². The highest BCUT2D eigenvalue weighted by molar-refractivity contribution is 5.71. The Bertz CT molecular complexity index is 373. The molecule has 0 aliphatic carbocycles. The summed E-state index contributed by atoms with van der Waals surface area (Å²) >= 11 is 0. The van der Waals surface area contributed by atoms with Crippen molar-refractivity contribution in [3.8, 4) is 0 Å². The lowest BCUT2D eigenvalue weighted by Crippen LogP contribution is -2.22. The molecule has 1 aliphatic heterocycles. The molecular formula is C12H16N2O2. The van der Waals surface area contributed by atoms with Gasteiger partial charge in [0, 0.05) is 18.7 Å². The smallest absolute Gasteiger partial charge is 0.168 e. The molecule has 1 fully saturated rings. The standard InChI is InChI=1S/C12H16N2O2/c1-9-6-10(8-15)14-12(13-9)7-11-4-2-3-5-16-11/h6,8,11H,2-5,7H2,1H3. The molecule has 1 aromatic rings. The highest BCUT2D eigenvalue weighted by Crippen LogP contribution is 2.15. The van der Waals surface area contributed by atoms with Crippen molar-refractivity contribution >= 4 is 6.29 Å². The van der Waals surface area contributed by atoms with E-state index in [0.29, 0.717) is 17.9 Å². The molecule has 0 amide bonds. The summed E-state index contributed by atoms with van der Waals surface area (Å²) in [6.07, 6.45) is 5.10. The van der Waals surface area contributed by atoms with E-state index in [1.165, 1.54) is 6.42 Å². The zero-order valence-corrected chi connectivity index (χ0v) is 9.48. The van der Waals surface area contributed by atoms with Crippen LogP contribution in [0.1, 0.15) is 41.3 Å². The second-order valence-electron chi connectivity index (χ2n) is 4.16. The number of aldehydes is 1. The summed E-state index contributed by atoms with van der Waals surface area (Å²) in [5.41, 5.74) is 1.29. The topological polar surface area (TPSA) is 52.1 Å². The molecule has 0 saturated carbocycles. The van der Waals surface area contributed by atoms with Crippen LogP contribution in [0.5, 0.6) is 0 Å². The van der Waals surface area contributed by atoms with Gasteiger partial charge < -0.3 is 4.74 Å². The monoisotopic (exact) mass is 220 g/mol. The van der Waals surface area contributed by atoms with Gasteiger partial charge in [0.15, 0.2) is 6.29 Å². The molecule has 1 unspecified atom stereocenters. The van der Waals surface area contributed by atoms with Gasteiger partial charge in [0.05, 0.1) is 6.10 Å². The van der Waals surface area contributed by atoms with Gasteiger partial charge in [-0.2, -0.15) is 0 Å². The van der Waals surface area contributed by atoms with Gasteiger partial charge >= 0.3 is 0 Å². The largest absolute Gasteiger partial charge is 0.378 e. The number of aryl methyl sites for hydroxylation is 1. The van der Waals surface area contributed by atoms with Crippen molar-refractivity contribution < 1.29 is 9.53 Å². The molecule has 0 aromatic carbocycles. The van der Waals surface area contributed by atoms with E-state index in [9.17, 15) is 4.79 Å². The van der Waals surface area contributed by atoms with Crippen LogP contribution in [0, 0.1) is 6.92 Å². The minimum absolute atomic E-state index is 0.218. The average Bonchev–Trinajstić information content (AvgIpc) is 2.29. The summed E-state index contributed by atoms with van der Waals surface area (Å²) in [4.78, 5) is 19.2. The summed E-state index contributed by atoms with van der Waals surface area (Å²) in [6.45, 7) is 2.71. The van der Waals surface area contributed by atoms with E-state index < -0.39 is 0 Å². The summed E-state index contributed by atoms with van der Waals surface area (Å²) in [5, 5.41) is 0.